The number of hydrogen-bond donors (Lipinski definition) is 1. The number of aromatic nitrogens is 4. The maximum Gasteiger partial charge on any atom is 0.236 e. The van der Waals surface area contributed by atoms with Crippen molar-refractivity contribution in [3.05, 3.63) is 41.7 Å². The van der Waals surface area contributed by atoms with Crippen molar-refractivity contribution in [1.29, 1.82) is 0 Å². The van der Waals surface area contributed by atoms with Crippen LogP contribution in [-0.2, 0) is 11.3 Å². The summed E-state index contributed by atoms with van der Waals surface area (Å²) in [6.07, 6.45) is 1.31. The van der Waals surface area contributed by atoms with E-state index in [2.05, 4.69) is 34.3 Å². The summed E-state index contributed by atoms with van der Waals surface area (Å²) in [6, 6.07) is 7.50. The van der Waals surface area contributed by atoms with Gasteiger partial charge in [0.2, 0.25) is 5.91 Å². The molecule has 0 saturated heterocycles. The van der Waals surface area contributed by atoms with Gasteiger partial charge >= 0.3 is 0 Å². The minimum Gasteiger partial charge on any atom is -0.493 e. The molecule has 0 aliphatic rings. The van der Waals surface area contributed by atoms with Crippen LogP contribution in [0.25, 0.3) is 0 Å². The highest BCUT2D eigenvalue weighted by molar-refractivity contribution is 7.99. The predicted molar refractivity (Wildman–Crippen MR) is 118 cm³/mol. The summed E-state index contributed by atoms with van der Waals surface area (Å²) in [5.41, 5.74) is 0. The zero-order chi connectivity index (χ0) is 21.5. The first-order chi connectivity index (χ1) is 14.5. The van der Waals surface area contributed by atoms with Crippen molar-refractivity contribution in [1.82, 2.24) is 19.7 Å². The number of carbonyl (C=O) groups is 1. The third-order valence-corrected chi connectivity index (χ3v) is 5.70. The summed E-state index contributed by atoms with van der Waals surface area (Å²) in [6.45, 7) is 6.90. The molecule has 2 heterocycles. The zero-order valence-electron chi connectivity index (χ0n) is 17.4. The Balaban J connectivity index is 1.73. The summed E-state index contributed by atoms with van der Waals surface area (Å²) in [4.78, 5) is 16.3. The lowest BCUT2D eigenvalue weighted by Gasteiger charge is -2.19. The Morgan fingerprint density at radius 1 is 1.23 bits per heavy atom. The molecule has 1 N–H and O–H groups in total. The highest BCUT2D eigenvalue weighted by Crippen LogP contribution is 2.31. The number of para-hydroxylation sites is 2. The topological polar surface area (TPSA) is 91.2 Å². The molecule has 0 saturated carbocycles. The quantitative estimate of drug-likeness (QED) is 0.464. The largest absolute Gasteiger partial charge is 0.493 e. The second-order valence-corrected chi connectivity index (χ2v) is 8.77. The van der Waals surface area contributed by atoms with E-state index < -0.39 is 0 Å². The summed E-state index contributed by atoms with van der Waals surface area (Å²) in [7, 11) is 1.61. The average molecular weight is 448 g/mol. The SMILES string of the molecule is COc1ccccc1OC(C)c1nnc(SCC(=O)Nc2nccs2)n1CC(C)C. The van der Waals surface area contributed by atoms with Gasteiger partial charge in [-0.2, -0.15) is 0 Å². The Bertz CT molecular complexity index is 959. The fourth-order valence-corrected chi connectivity index (χ4v) is 4.07. The number of thiazole rings is 1. The molecule has 1 amide bonds. The van der Waals surface area contributed by atoms with E-state index in [-0.39, 0.29) is 17.8 Å². The van der Waals surface area contributed by atoms with Crippen molar-refractivity contribution >= 4 is 34.1 Å². The molecule has 30 heavy (non-hydrogen) atoms. The third-order valence-electron chi connectivity index (χ3n) is 4.04. The molecule has 3 aromatic rings. The molecule has 10 heteroatoms. The standard InChI is InChI=1S/C20H25N5O3S2/c1-13(2)11-25-18(14(3)28-16-8-6-5-7-15(16)27-4)23-24-20(25)30-12-17(26)22-19-21-9-10-29-19/h5-10,13-14H,11-12H2,1-4H3,(H,21,22,26). The number of methoxy groups -OCH3 is 1. The zero-order valence-corrected chi connectivity index (χ0v) is 19.0. The fourth-order valence-electron chi connectivity index (χ4n) is 2.77. The summed E-state index contributed by atoms with van der Waals surface area (Å²) in [5.74, 6) is 2.47. The van der Waals surface area contributed by atoms with Crippen molar-refractivity contribution in [2.75, 3.05) is 18.2 Å². The number of nitrogens with zero attached hydrogens (tertiary/aromatic N) is 4. The number of rotatable bonds is 10. The van der Waals surface area contributed by atoms with Crippen molar-refractivity contribution < 1.29 is 14.3 Å². The van der Waals surface area contributed by atoms with Crippen molar-refractivity contribution in [2.45, 2.75) is 38.6 Å². The number of nitrogens with one attached hydrogen (secondary N) is 1. The van der Waals surface area contributed by atoms with E-state index in [0.717, 1.165) is 6.54 Å². The van der Waals surface area contributed by atoms with E-state index >= 15 is 0 Å². The van der Waals surface area contributed by atoms with E-state index in [1.165, 1.54) is 23.1 Å². The second-order valence-electron chi connectivity index (χ2n) is 6.93. The number of carbonyl (C=O) groups excluding carboxylic acids is 1. The molecule has 3 rings (SSSR count). The van der Waals surface area contributed by atoms with Gasteiger partial charge in [0, 0.05) is 18.1 Å². The molecule has 1 atom stereocenters. The Morgan fingerprint density at radius 2 is 2.00 bits per heavy atom. The summed E-state index contributed by atoms with van der Waals surface area (Å²) < 4.78 is 13.5. The van der Waals surface area contributed by atoms with Crippen LogP contribution in [0.2, 0.25) is 0 Å². The number of hydrogen-bond acceptors (Lipinski definition) is 8. The molecule has 1 unspecified atom stereocenters. The second kappa shape index (κ2) is 10.4. The monoisotopic (exact) mass is 447 g/mol. The third kappa shape index (κ3) is 5.73. The first kappa shape index (κ1) is 22.1. The van der Waals surface area contributed by atoms with Gasteiger partial charge in [-0.25, -0.2) is 4.98 Å². The average Bonchev–Trinajstić information content (AvgIpc) is 3.36. The molecule has 0 spiro atoms. The number of thioether (sulfide) groups is 1. The minimum atomic E-state index is -0.342. The Morgan fingerprint density at radius 3 is 2.67 bits per heavy atom. The van der Waals surface area contributed by atoms with Crippen LogP contribution in [0.3, 0.4) is 0 Å². The Kier molecular flexibility index (Phi) is 7.69. The molecular weight excluding hydrogens is 422 g/mol. The first-order valence-electron chi connectivity index (χ1n) is 9.52. The van der Waals surface area contributed by atoms with Gasteiger partial charge in [0.1, 0.15) is 0 Å². The molecule has 160 valence electrons. The fraction of sp³-hybridized carbons (Fsp3) is 0.400. The van der Waals surface area contributed by atoms with Crippen molar-refractivity contribution in [3.8, 4) is 11.5 Å². The molecule has 0 radical (unpaired) electrons. The molecular formula is C20H25N5O3S2. The number of amides is 1. The van der Waals surface area contributed by atoms with Crippen LogP contribution in [0, 0.1) is 5.92 Å². The van der Waals surface area contributed by atoms with Crippen LogP contribution in [0.4, 0.5) is 5.13 Å². The Hall–Kier alpha value is -2.59. The van der Waals surface area contributed by atoms with Gasteiger partial charge in [0.25, 0.3) is 0 Å². The van der Waals surface area contributed by atoms with Gasteiger partial charge in [-0.3, -0.25) is 4.79 Å². The van der Waals surface area contributed by atoms with E-state index in [9.17, 15) is 4.79 Å². The lowest BCUT2D eigenvalue weighted by Crippen LogP contribution is -2.17. The molecule has 0 bridgehead atoms. The highest BCUT2D eigenvalue weighted by Gasteiger charge is 2.22. The first-order valence-corrected chi connectivity index (χ1v) is 11.4. The predicted octanol–water partition coefficient (Wildman–Crippen LogP) is 4.27. The lowest BCUT2D eigenvalue weighted by molar-refractivity contribution is -0.113. The van der Waals surface area contributed by atoms with Crippen LogP contribution in [0.15, 0.2) is 41.0 Å². The molecule has 0 aliphatic heterocycles. The summed E-state index contributed by atoms with van der Waals surface area (Å²) >= 11 is 2.73. The normalized spacial score (nSPS) is 12.0. The maximum absolute atomic E-state index is 12.2. The number of anilines is 1. The molecule has 1 aromatic carbocycles. The van der Waals surface area contributed by atoms with Gasteiger partial charge in [0.15, 0.2) is 33.7 Å². The maximum atomic E-state index is 12.2. The highest BCUT2D eigenvalue weighted by atomic mass is 32.2. The van der Waals surface area contributed by atoms with E-state index in [1.807, 2.05) is 41.1 Å². The number of ether oxygens (including phenoxy) is 2. The molecule has 2 aromatic heterocycles. The molecule has 0 fully saturated rings. The summed E-state index contributed by atoms with van der Waals surface area (Å²) in [5, 5.41) is 14.5. The minimum absolute atomic E-state index is 0.131. The Labute approximate surface area is 184 Å². The van der Waals surface area contributed by atoms with Crippen LogP contribution >= 0.6 is 23.1 Å². The smallest absolute Gasteiger partial charge is 0.236 e. The van der Waals surface area contributed by atoms with Gasteiger partial charge in [-0.1, -0.05) is 37.7 Å². The number of benzene rings is 1. The van der Waals surface area contributed by atoms with Gasteiger partial charge in [0.05, 0.1) is 12.9 Å². The van der Waals surface area contributed by atoms with Crippen LogP contribution in [0.5, 0.6) is 11.5 Å². The lowest BCUT2D eigenvalue weighted by atomic mass is 10.2. The van der Waals surface area contributed by atoms with Gasteiger partial charge in [-0.15, -0.1) is 21.5 Å². The van der Waals surface area contributed by atoms with Crippen LogP contribution < -0.4 is 14.8 Å². The van der Waals surface area contributed by atoms with Crippen LogP contribution in [0.1, 0.15) is 32.7 Å². The van der Waals surface area contributed by atoms with E-state index in [1.54, 1.807) is 13.3 Å². The molecule has 8 nitrogen and oxygen atoms in total. The van der Waals surface area contributed by atoms with Crippen molar-refractivity contribution in [2.24, 2.45) is 5.92 Å². The van der Waals surface area contributed by atoms with Gasteiger partial charge in [-0.05, 0) is 25.0 Å². The van der Waals surface area contributed by atoms with E-state index in [4.69, 9.17) is 9.47 Å². The van der Waals surface area contributed by atoms with Crippen molar-refractivity contribution in [3.63, 3.8) is 0 Å². The van der Waals surface area contributed by atoms with Crippen LogP contribution in [-0.4, -0.2) is 38.5 Å². The molecule has 0 aliphatic carbocycles. The van der Waals surface area contributed by atoms with Gasteiger partial charge < -0.3 is 19.4 Å². The van der Waals surface area contributed by atoms with E-state index in [0.29, 0.717) is 33.5 Å².